The van der Waals surface area contributed by atoms with E-state index in [2.05, 4.69) is 0 Å². The molecule has 146 valence electrons. The molecule has 2 rings (SSSR count). The lowest BCUT2D eigenvalue weighted by Crippen LogP contribution is -2.51. The summed E-state index contributed by atoms with van der Waals surface area (Å²) in [6.07, 6.45) is 0.337. The Morgan fingerprint density at radius 1 is 0.963 bits per heavy atom. The smallest absolute Gasteiger partial charge is 0.0963 e. The van der Waals surface area contributed by atoms with Gasteiger partial charge in [0.15, 0.2) is 0 Å². The van der Waals surface area contributed by atoms with Crippen molar-refractivity contribution in [2.75, 3.05) is 6.54 Å². The minimum Gasteiger partial charge on any atom is -0.385 e. The molecule has 3 N–H and O–H groups in total. The highest BCUT2D eigenvalue weighted by atomic mass is 35.5. The number of hydrogen-bond acceptors (Lipinski definition) is 2. The highest BCUT2D eigenvalue weighted by Gasteiger charge is 2.45. The SMILES string of the molecule is CC(=C(C)C(O)(Cc1ccc(Cl)cc1Cl)C(C)(C)CN)c1ccc(Cl)cc1. The fourth-order valence-electron chi connectivity index (χ4n) is 3.22. The van der Waals surface area contributed by atoms with Gasteiger partial charge in [0, 0.05) is 33.4 Å². The summed E-state index contributed by atoms with van der Waals surface area (Å²) in [4.78, 5) is 0. The van der Waals surface area contributed by atoms with Gasteiger partial charge >= 0.3 is 0 Å². The summed E-state index contributed by atoms with van der Waals surface area (Å²) in [5.41, 5.74) is 7.96. The highest BCUT2D eigenvalue weighted by Crippen LogP contribution is 2.43. The first-order chi connectivity index (χ1) is 12.5. The van der Waals surface area contributed by atoms with Crippen molar-refractivity contribution in [2.24, 2.45) is 11.1 Å². The van der Waals surface area contributed by atoms with E-state index in [1.54, 1.807) is 12.1 Å². The van der Waals surface area contributed by atoms with Crippen molar-refractivity contribution in [1.82, 2.24) is 0 Å². The molecule has 0 heterocycles. The van der Waals surface area contributed by atoms with Crippen molar-refractivity contribution in [1.29, 1.82) is 0 Å². The number of rotatable bonds is 6. The lowest BCUT2D eigenvalue weighted by atomic mass is 9.66. The van der Waals surface area contributed by atoms with E-state index in [4.69, 9.17) is 40.5 Å². The number of benzene rings is 2. The first-order valence-corrected chi connectivity index (χ1v) is 9.95. The second-order valence-electron chi connectivity index (χ2n) is 7.62. The summed E-state index contributed by atoms with van der Waals surface area (Å²) in [6.45, 7) is 8.20. The van der Waals surface area contributed by atoms with Crippen LogP contribution in [0.3, 0.4) is 0 Å². The summed E-state index contributed by atoms with van der Waals surface area (Å²) in [5, 5.41) is 13.7. The van der Waals surface area contributed by atoms with E-state index in [1.807, 2.05) is 58.0 Å². The summed E-state index contributed by atoms with van der Waals surface area (Å²) in [6, 6.07) is 12.9. The number of hydrogen-bond donors (Lipinski definition) is 2. The summed E-state index contributed by atoms with van der Waals surface area (Å²) < 4.78 is 0. The van der Waals surface area contributed by atoms with Gasteiger partial charge in [-0.05, 0) is 60.4 Å². The minimum absolute atomic E-state index is 0.319. The molecule has 2 nitrogen and oxygen atoms in total. The van der Waals surface area contributed by atoms with Gasteiger partial charge < -0.3 is 10.8 Å². The molecule has 0 spiro atoms. The van der Waals surface area contributed by atoms with Gasteiger partial charge in [-0.1, -0.05) is 66.8 Å². The Bertz CT molecular complexity index is 843. The van der Waals surface area contributed by atoms with Crippen LogP contribution in [0.4, 0.5) is 0 Å². The fourth-order valence-corrected chi connectivity index (χ4v) is 3.82. The van der Waals surface area contributed by atoms with Crippen molar-refractivity contribution in [3.63, 3.8) is 0 Å². The molecule has 0 amide bonds. The summed E-state index contributed by atoms with van der Waals surface area (Å²) >= 11 is 18.4. The topological polar surface area (TPSA) is 46.2 Å². The third-order valence-electron chi connectivity index (χ3n) is 5.55. The van der Waals surface area contributed by atoms with Crippen LogP contribution in [-0.2, 0) is 6.42 Å². The predicted molar refractivity (Wildman–Crippen MR) is 118 cm³/mol. The molecular weight excluding hydrogens is 401 g/mol. The molecule has 0 saturated carbocycles. The molecule has 1 unspecified atom stereocenters. The highest BCUT2D eigenvalue weighted by molar-refractivity contribution is 6.35. The van der Waals surface area contributed by atoms with Crippen LogP contribution in [0.25, 0.3) is 5.57 Å². The molecule has 0 saturated heterocycles. The molecule has 0 aliphatic carbocycles. The molecule has 5 heteroatoms. The second-order valence-corrected chi connectivity index (χ2v) is 8.90. The lowest BCUT2D eigenvalue weighted by molar-refractivity contribution is -0.0287. The number of halogens is 3. The Balaban J connectivity index is 2.59. The van der Waals surface area contributed by atoms with Gasteiger partial charge in [-0.15, -0.1) is 0 Å². The Hall–Kier alpha value is -1.03. The van der Waals surface area contributed by atoms with Crippen molar-refractivity contribution in [2.45, 2.75) is 39.7 Å². The van der Waals surface area contributed by atoms with Crippen LogP contribution in [-0.4, -0.2) is 17.3 Å². The van der Waals surface area contributed by atoms with Crippen LogP contribution in [0.2, 0.25) is 15.1 Å². The number of aliphatic hydroxyl groups is 1. The molecule has 0 radical (unpaired) electrons. The van der Waals surface area contributed by atoms with E-state index >= 15 is 0 Å². The average molecular weight is 427 g/mol. The van der Waals surface area contributed by atoms with Gasteiger partial charge in [-0.3, -0.25) is 0 Å². The molecule has 0 aliphatic heterocycles. The van der Waals surface area contributed by atoms with Crippen LogP contribution < -0.4 is 5.73 Å². The second kappa shape index (κ2) is 8.55. The maximum Gasteiger partial charge on any atom is 0.0963 e. The van der Waals surface area contributed by atoms with E-state index in [0.29, 0.717) is 28.0 Å². The number of nitrogens with two attached hydrogens (primary N) is 1. The fraction of sp³-hybridized carbons (Fsp3) is 0.364. The van der Waals surface area contributed by atoms with Gasteiger partial charge in [0.1, 0.15) is 0 Å². The normalized spacial score (nSPS) is 15.3. The Morgan fingerprint density at radius 3 is 2.04 bits per heavy atom. The van der Waals surface area contributed by atoms with Gasteiger partial charge in [0.2, 0.25) is 0 Å². The minimum atomic E-state index is -1.19. The van der Waals surface area contributed by atoms with Crippen LogP contribution in [0.1, 0.15) is 38.8 Å². The monoisotopic (exact) mass is 425 g/mol. The zero-order valence-electron chi connectivity index (χ0n) is 16.1. The molecule has 0 aliphatic rings. The Labute approximate surface area is 176 Å². The average Bonchev–Trinajstić information content (AvgIpc) is 2.63. The van der Waals surface area contributed by atoms with Crippen LogP contribution in [0.15, 0.2) is 48.0 Å². The maximum atomic E-state index is 11.9. The Morgan fingerprint density at radius 2 is 1.52 bits per heavy atom. The largest absolute Gasteiger partial charge is 0.385 e. The molecule has 0 fully saturated rings. The van der Waals surface area contributed by atoms with Crippen LogP contribution in [0, 0.1) is 5.41 Å². The first kappa shape index (κ1) is 22.3. The quantitative estimate of drug-likeness (QED) is 0.561. The lowest BCUT2D eigenvalue weighted by Gasteiger charge is -2.44. The van der Waals surface area contributed by atoms with Gasteiger partial charge in [0.05, 0.1) is 5.60 Å². The van der Waals surface area contributed by atoms with Gasteiger partial charge in [-0.25, -0.2) is 0 Å². The molecule has 0 aromatic heterocycles. The standard InChI is InChI=1S/C22H26Cl3NO/c1-14(16-5-8-18(23)9-6-16)15(2)22(27,21(3,4)13-26)12-17-7-10-19(24)11-20(17)25/h5-11,27H,12-13,26H2,1-4H3. The van der Waals surface area contributed by atoms with E-state index in [0.717, 1.165) is 22.3 Å². The van der Waals surface area contributed by atoms with Crippen molar-refractivity contribution >= 4 is 40.4 Å². The van der Waals surface area contributed by atoms with E-state index < -0.39 is 11.0 Å². The van der Waals surface area contributed by atoms with E-state index in [1.165, 1.54) is 0 Å². The molecule has 1 atom stereocenters. The predicted octanol–water partition coefficient (Wildman–Crippen LogP) is 6.40. The van der Waals surface area contributed by atoms with Gasteiger partial charge in [0.25, 0.3) is 0 Å². The first-order valence-electron chi connectivity index (χ1n) is 8.82. The maximum absolute atomic E-state index is 11.9. The molecule has 27 heavy (non-hydrogen) atoms. The van der Waals surface area contributed by atoms with E-state index in [-0.39, 0.29) is 0 Å². The van der Waals surface area contributed by atoms with Crippen LogP contribution in [0.5, 0.6) is 0 Å². The van der Waals surface area contributed by atoms with E-state index in [9.17, 15) is 5.11 Å². The van der Waals surface area contributed by atoms with Crippen LogP contribution >= 0.6 is 34.8 Å². The van der Waals surface area contributed by atoms with Crippen molar-refractivity contribution in [3.05, 3.63) is 74.2 Å². The molecule has 0 bridgehead atoms. The Kier molecular flexibility index (Phi) is 7.05. The third kappa shape index (κ3) is 4.70. The summed E-state index contributed by atoms with van der Waals surface area (Å²) in [7, 11) is 0. The van der Waals surface area contributed by atoms with Crippen molar-refractivity contribution in [3.8, 4) is 0 Å². The molecular formula is C22H26Cl3NO. The molecule has 2 aromatic carbocycles. The molecule has 2 aromatic rings. The zero-order valence-corrected chi connectivity index (χ0v) is 18.4. The zero-order chi connectivity index (χ0) is 20.4. The van der Waals surface area contributed by atoms with Crippen molar-refractivity contribution < 1.29 is 5.11 Å². The summed E-state index contributed by atoms with van der Waals surface area (Å²) in [5.74, 6) is 0. The number of allylic oxidation sites excluding steroid dienone is 1. The third-order valence-corrected chi connectivity index (χ3v) is 6.39. The van der Waals surface area contributed by atoms with Gasteiger partial charge in [-0.2, -0.15) is 0 Å².